The summed E-state index contributed by atoms with van der Waals surface area (Å²) < 4.78 is 11.7. The minimum absolute atomic E-state index is 0.0806. The van der Waals surface area contributed by atoms with E-state index in [0.29, 0.717) is 16.8 Å². The van der Waals surface area contributed by atoms with Crippen molar-refractivity contribution in [2.24, 2.45) is 5.41 Å². The van der Waals surface area contributed by atoms with Crippen LogP contribution in [0.5, 0.6) is 5.75 Å². The third-order valence-corrected chi connectivity index (χ3v) is 14.9. The highest BCUT2D eigenvalue weighted by Crippen LogP contribution is 2.47. The molecule has 0 unspecified atom stereocenters. The standard InChI is InChI=1S/C66H75N3O/c1-62(2,3)49-27-28-57(53(39-49)45-19-16-15-17-20-45)69-58-22-18-21-52(59(58)68-61(69)54-40-51(64(7,8)9)41-55(60(54)70)65(10,11)12)47-35-48(37-50(36-47)63(4,5)6)56-38-46(31-34-67-56)43-25-23-42(24-26-43)44-29-32-66(13,14)33-30-44/h15-28,31,34-41,44,70H,29-30,32-33H2,1-14H3/i44D. The summed E-state index contributed by atoms with van der Waals surface area (Å²) in [5.74, 6) is 0.415. The van der Waals surface area contributed by atoms with Gasteiger partial charge in [-0.3, -0.25) is 9.55 Å². The summed E-state index contributed by atoms with van der Waals surface area (Å²) in [6.07, 6.45) is 5.86. The minimum atomic E-state index is -0.534. The molecule has 0 spiro atoms. The van der Waals surface area contributed by atoms with Crippen LogP contribution in [0.25, 0.3) is 72.7 Å². The molecule has 0 amide bonds. The van der Waals surface area contributed by atoms with Crippen LogP contribution in [-0.2, 0) is 21.7 Å². The molecule has 6 aromatic carbocycles. The Morgan fingerprint density at radius 2 is 1.17 bits per heavy atom. The molecule has 1 aliphatic carbocycles. The van der Waals surface area contributed by atoms with E-state index in [2.05, 4.69) is 235 Å². The first-order valence-corrected chi connectivity index (χ1v) is 25.5. The predicted octanol–water partition coefficient (Wildman–Crippen LogP) is 18.3. The second-order valence-electron chi connectivity index (χ2n) is 25.0. The molecule has 1 aliphatic rings. The topological polar surface area (TPSA) is 50.9 Å². The lowest BCUT2D eigenvalue weighted by molar-refractivity contribution is 0.224. The van der Waals surface area contributed by atoms with E-state index < -0.39 is 5.89 Å². The van der Waals surface area contributed by atoms with Crippen LogP contribution >= 0.6 is 0 Å². The van der Waals surface area contributed by atoms with E-state index in [-0.39, 0.29) is 27.4 Å². The maximum atomic E-state index is 12.6. The zero-order valence-electron chi connectivity index (χ0n) is 45.4. The molecule has 2 heterocycles. The Morgan fingerprint density at radius 3 is 1.81 bits per heavy atom. The van der Waals surface area contributed by atoms with Crippen molar-refractivity contribution in [3.63, 3.8) is 0 Å². The summed E-state index contributed by atoms with van der Waals surface area (Å²) in [7, 11) is 0. The van der Waals surface area contributed by atoms with Gasteiger partial charge in [-0.05, 0) is 152 Å². The molecule has 0 atom stereocenters. The van der Waals surface area contributed by atoms with Crippen molar-refractivity contribution < 1.29 is 6.48 Å². The first-order valence-electron chi connectivity index (χ1n) is 26.0. The van der Waals surface area contributed by atoms with Crippen molar-refractivity contribution >= 4 is 11.0 Å². The van der Waals surface area contributed by atoms with E-state index in [4.69, 9.17) is 9.97 Å². The number of imidazole rings is 1. The number of nitrogens with zero attached hydrogens (tertiary/aromatic N) is 3. The number of hydrogen-bond donors (Lipinski definition) is 1. The van der Waals surface area contributed by atoms with Crippen molar-refractivity contribution in [1.29, 1.82) is 0 Å². The van der Waals surface area contributed by atoms with Crippen LogP contribution in [0, 0.1) is 5.41 Å². The summed E-state index contributed by atoms with van der Waals surface area (Å²) in [5.41, 5.74) is 17.0. The monoisotopic (exact) mass is 927 g/mol. The first-order chi connectivity index (χ1) is 33.2. The van der Waals surface area contributed by atoms with Crippen molar-refractivity contribution in [1.82, 2.24) is 14.5 Å². The van der Waals surface area contributed by atoms with Gasteiger partial charge in [0.15, 0.2) is 0 Å². The van der Waals surface area contributed by atoms with Gasteiger partial charge in [0.2, 0.25) is 0 Å². The van der Waals surface area contributed by atoms with Gasteiger partial charge in [0.1, 0.15) is 11.6 Å². The number of para-hydroxylation sites is 1. The smallest absolute Gasteiger partial charge is 0.149 e. The molecular weight excluding hydrogens is 851 g/mol. The zero-order valence-corrected chi connectivity index (χ0v) is 44.4. The fraction of sp³-hybridized carbons (Fsp3) is 0.364. The molecule has 0 saturated heterocycles. The number of aromatic nitrogens is 3. The van der Waals surface area contributed by atoms with Gasteiger partial charge in [0, 0.05) is 29.8 Å². The average Bonchev–Trinajstić information content (AvgIpc) is 3.71. The maximum absolute atomic E-state index is 12.6. The van der Waals surface area contributed by atoms with Crippen LogP contribution in [0.4, 0.5) is 0 Å². The Bertz CT molecular complexity index is 3260. The Kier molecular flexibility index (Phi) is 12.1. The summed E-state index contributed by atoms with van der Waals surface area (Å²) >= 11 is 0. The molecule has 360 valence electrons. The molecule has 1 fully saturated rings. The van der Waals surface area contributed by atoms with Gasteiger partial charge in [-0.25, -0.2) is 4.98 Å². The third kappa shape index (κ3) is 9.76. The molecule has 4 nitrogen and oxygen atoms in total. The highest BCUT2D eigenvalue weighted by molar-refractivity contribution is 5.98. The quantitative estimate of drug-likeness (QED) is 0.173. The molecule has 1 saturated carbocycles. The van der Waals surface area contributed by atoms with Gasteiger partial charge in [0.25, 0.3) is 0 Å². The lowest BCUT2D eigenvalue weighted by Crippen LogP contribution is -2.20. The lowest BCUT2D eigenvalue weighted by Gasteiger charge is -2.34. The third-order valence-electron chi connectivity index (χ3n) is 14.9. The van der Waals surface area contributed by atoms with Crippen molar-refractivity contribution in [3.05, 3.63) is 167 Å². The van der Waals surface area contributed by atoms with Crippen molar-refractivity contribution in [2.75, 3.05) is 0 Å². The Morgan fingerprint density at radius 1 is 0.543 bits per heavy atom. The number of hydrogen-bond acceptors (Lipinski definition) is 3. The molecule has 0 aliphatic heterocycles. The molecule has 8 aromatic rings. The van der Waals surface area contributed by atoms with E-state index in [1.807, 2.05) is 6.20 Å². The van der Waals surface area contributed by atoms with Gasteiger partial charge >= 0.3 is 0 Å². The molecule has 2 aromatic heterocycles. The van der Waals surface area contributed by atoms with Crippen molar-refractivity contribution in [2.45, 2.75) is 150 Å². The summed E-state index contributed by atoms with van der Waals surface area (Å²) in [6, 6.07) is 48.3. The fourth-order valence-corrected chi connectivity index (χ4v) is 10.2. The average molecular weight is 927 g/mol. The van der Waals surface area contributed by atoms with E-state index in [1.165, 1.54) is 11.1 Å². The van der Waals surface area contributed by atoms with Crippen LogP contribution in [0.1, 0.15) is 158 Å². The van der Waals surface area contributed by atoms with E-state index >= 15 is 0 Å². The van der Waals surface area contributed by atoms with Crippen LogP contribution < -0.4 is 0 Å². The van der Waals surface area contributed by atoms with Crippen LogP contribution in [0.2, 0.25) is 0 Å². The number of phenolic OH excluding ortho intramolecular Hbond substituents is 1. The maximum Gasteiger partial charge on any atom is 0.149 e. The second kappa shape index (κ2) is 17.9. The van der Waals surface area contributed by atoms with Crippen molar-refractivity contribution in [3.8, 4) is 67.5 Å². The molecule has 9 rings (SSSR count). The minimum Gasteiger partial charge on any atom is -0.507 e. The summed E-state index contributed by atoms with van der Waals surface area (Å²) in [5, 5.41) is 12.6. The normalized spacial score (nSPS) is 15.5. The van der Waals surface area contributed by atoms with Gasteiger partial charge in [-0.2, -0.15) is 0 Å². The molecular formula is C66H75N3O. The Hall–Kier alpha value is -6.26. The number of rotatable bonds is 7. The first kappa shape index (κ1) is 47.4. The number of aromatic hydroxyl groups is 1. The van der Waals surface area contributed by atoms with E-state index in [1.54, 1.807) is 0 Å². The number of fused-ring (bicyclic) bond motifs is 1. The van der Waals surface area contributed by atoms with Gasteiger partial charge in [-0.15, -0.1) is 0 Å². The fourth-order valence-electron chi connectivity index (χ4n) is 10.2. The summed E-state index contributed by atoms with van der Waals surface area (Å²) in [4.78, 5) is 10.7. The second-order valence-corrected chi connectivity index (χ2v) is 25.0. The van der Waals surface area contributed by atoms with Gasteiger partial charge < -0.3 is 5.11 Å². The molecule has 0 radical (unpaired) electrons. The van der Waals surface area contributed by atoms with Crippen LogP contribution in [-0.4, -0.2) is 19.6 Å². The van der Waals surface area contributed by atoms with Gasteiger partial charge in [0.05, 0.1) is 28.0 Å². The highest BCUT2D eigenvalue weighted by Gasteiger charge is 2.31. The molecule has 1 N–H and O–H groups in total. The number of phenols is 1. The highest BCUT2D eigenvalue weighted by atomic mass is 16.3. The predicted molar refractivity (Wildman–Crippen MR) is 297 cm³/mol. The number of benzene rings is 6. The Balaban J connectivity index is 1.26. The SMILES string of the molecule is [2H]C1(c2ccc(-c3ccnc(-c4cc(-c5cccc6c5nc(-c5cc(C(C)(C)C)cc(C(C)(C)C)c5O)n6-c5ccc(C(C)(C)C)cc5-c5ccccc5)cc(C(C)(C)C)c4)c3)cc2)CCC(C)(C)CC1. The van der Waals surface area contributed by atoms with Gasteiger partial charge in [-0.1, -0.05) is 182 Å². The number of pyridine rings is 1. The zero-order chi connectivity index (χ0) is 51.1. The molecule has 4 heteroatoms. The van der Waals surface area contributed by atoms with E-state index in [9.17, 15) is 6.48 Å². The summed E-state index contributed by atoms with van der Waals surface area (Å²) in [6.45, 7) is 31.5. The lowest BCUT2D eigenvalue weighted by atomic mass is 9.71. The molecule has 0 bridgehead atoms. The Labute approximate surface area is 420 Å². The largest absolute Gasteiger partial charge is 0.507 e. The van der Waals surface area contributed by atoms with Crippen LogP contribution in [0.15, 0.2) is 140 Å². The molecule has 70 heavy (non-hydrogen) atoms. The van der Waals surface area contributed by atoms with E-state index in [0.717, 1.165) is 104 Å². The van der Waals surface area contributed by atoms with Crippen LogP contribution in [0.3, 0.4) is 0 Å².